The van der Waals surface area contributed by atoms with Crippen LogP contribution in [0.1, 0.15) is 12.8 Å². The molecule has 0 fully saturated rings. The minimum atomic E-state index is -0.275. The van der Waals surface area contributed by atoms with Gasteiger partial charge in [0.05, 0.1) is 16.7 Å². The number of hydrogen-bond donors (Lipinski definition) is 4. The molecule has 0 atom stereocenters. The van der Waals surface area contributed by atoms with Gasteiger partial charge in [0.2, 0.25) is 5.91 Å². The summed E-state index contributed by atoms with van der Waals surface area (Å²) in [6.07, 6.45) is 1.03. The van der Waals surface area contributed by atoms with Crippen molar-refractivity contribution < 1.29 is 4.79 Å². The van der Waals surface area contributed by atoms with Crippen LogP contribution >= 0.6 is 15.9 Å². The van der Waals surface area contributed by atoms with Crippen LogP contribution in [0.5, 0.6) is 0 Å². The fourth-order valence-corrected chi connectivity index (χ4v) is 2.07. The first-order valence-electron chi connectivity index (χ1n) is 5.51. The summed E-state index contributed by atoms with van der Waals surface area (Å²) >= 11 is 3.35. The van der Waals surface area contributed by atoms with Crippen molar-refractivity contribution >= 4 is 38.6 Å². The fourth-order valence-electron chi connectivity index (χ4n) is 1.63. The van der Waals surface area contributed by atoms with Crippen LogP contribution in [0.2, 0.25) is 0 Å². The highest BCUT2D eigenvalue weighted by molar-refractivity contribution is 9.10. The van der Waals surface area contributed by atoms with Crippen molar-refractivity contribution in [1.29, 1.82) is 0 Å². The molecule has 0 unspecified atom stereocenters. The van der Waals surface area contributed by atoms with E-state index in [-0.39, 0.29) is 11.6 Å². The first-order valence-corrected chi connectivity index (χ1v) is 6.31. The molecule has 1 heterocycles. The van der Waals surface area contributed by atoms with Gasteiger partial charge in [0, 0.05) is 10.9 Å². The quantitative estimate of drug-likeness (QED) is 0.684. The summed E-state index contributed by atoms with van der Waals surface area (Å²) in [5, 5.41) is 2.77. The molecule has 0 bridgehead atoms. The van der Waals surface area contributed by atoms with Crippen LogP contribution in [0.3, 0.4) is 0 Å². The molecule has 2 aromatic rings. The number of hydrogen-bond acceptors (Lipinski definition) is 3. The Bertz CT molecular complexity index is 631. The van der Waals surface area contributed by atoms with Crippen LogP contribution in [0, 0.1) is 0 Å². The average molecular weight is 313 g/mol. The standard InChI is InChI=1S/C11H13BrN4O2/c12-6-4-8-9(16-11(18)15-8)5-7(6)14-10(17)2-1-3-13/h4-5H,1-3,13H2,(H,14,17)(H2,15,16,18). The maximum atomic E-state index is 11.6. The molecule has 0 spiro atoms. The van der Waals surface area contributed by atoms with Crippen molar-refractivity contribution in [2.75, 3.05) is 11.9 Å². The zero-order chi connectivity index (χ0) is 13.1. The lowest BCUT2D eigenvalue weighted by atomic mass is 10.2. The van der Waals surface area contributed by atoms with Gasteiger partial charge in [-0.2, -0.15) is 0 Å². The summed E-state index contributed by atoms with van der Waals surface area (Å²) in [6, 6.07) is 3.45. The Morgan fingerprint density at radius 2 is 2.00 bits per heavy atom. The predicted octanol–water partition coefficient (Wildman–Crippen LogP) is 1.30. The predicted molar refractivity (Wildman–Crippen MR) is 73.5 cm³/mol. The second-order valence-corrected chi connectivity index (χ2v) is 4.75. The van der Waals surface area contributed by atoms with Crippen LogP contribution in [0.15, 0.2) is 21.4 Å². The van der Waals surface area contributed by atoms with Gasteiger partial charge in [0.15, 0.2) is 0 Å². The number of rotatable bonds is 4. The topological polar surface area (TPSA) is 104 Å². The molecule has 0 radical (unpaired) electrons. The van der Waals surface area contributed by atoms with Crippen molar-refractivity contribution in [2.45, 2.75) is 12.8 Å². The molecule has 6 nitrogen and oxygen atoms in total. The van der Waals surface area contributed by atoms with E-state index >= 15 is 0 Å². The Kier molecular flexibility index (Phi) is 3.83. The van der Waals surface area contributed by atoms with Gasteiger partial charge in [-0.15, -0.1) is 0 Å². The van der Waals surface area contributed by atoms with Crippen molar-refractivity contribution in [3.8, 4) is 0 Å². The van der Waals surface area contributed by atoms with Gasteiger partial charge in [-0.1, -0.05) is 0 Å². The normalized spacial score (nSPS) is 10.8. The molecule has 1 aromatic carbocycles. The van der Waals surface area contributed by atoms with E-state index < -0.39 is 0 Å². The lowest BCUT2D eigenvalue weighted by Gasteiger charge is -2.07. The molecule has 2 rings (SSSR count). The number of halogens is 1. The molecule has 0 aliphatic heterocycles. The van der Waals surface area contributed by atoms with Gasteiger partial charge in [0.1, 0.15) is 0 Å². The van der Waals surface area contributed by atoms with Gasteiger partial charge in [0.25, 0.3) is 0 Å². The van der Waals surface area contributed by atoms with E-state index in [1.165, 1.54) is 0 Å². The Labute approximate surface area is 111 Å². The third-order valence-electron chi connectivity index (χ3n) is 2.49. The first-order chi connectivity index (χ1) is 8.60. The molecule has 5 N–H and O–H groups in total. The monoisotopic (exact) mass is 312 g/mol. The van der Waals surface area contributed by atoms with Gasteiger partial charge in [-0.05, 0) is 41.0 Å². The first kappa shape index (κ1) is 12.8. The van der Waals surface area contributed by atoms with E-state index in [1.807, 2.05) is 0 Å². The number of fused-ring (bicyclic) bond motifs is 1. The molecule has 0 aliphatic rings. The van der Waals surface area contributed by atoms with Crippen LogP contribution < -0.4 is 16.7 Å². The zero-order valence-electron chi connectivity index (χ0n) is 9.55. The number of H-pyrrole nitrogens is 2. The Balaban J connectivity index is 2.24. The molecule has 18 heavy (non-hydrogen) atoms. The van der Waals surface area contributed by atoms with Crippen molar-refractivity contribution in [1.82, 2.24) is 9.97 Å². The molecule has 1 aromatic heterocycles. The fraction of sp³-hybridized carbons (Fsp3) is 0.273. The van der Waals surface area contributed by atoms with E-state index in [9.17, 15) is 9.59 Å². The van der Waals surface area contributed by atoms with Gasteiger partial charge < -0.3 is 21.0 Å². The third-order valence-corrected chi connectivity index (χ3v) is 3.14. The SMILES string of the molecule is NCCCC(=O)Nc1cc2[nH]c(=O)[nH]c2cc1Br. The molecular formula is C11H13BrN4O2. The van der Waals surface area contributed by atoms with Gasteiger partial charge >= 0.3 is 5.69 Å². The lowest BCUT2D eigenvalue weighted by Crippen LogP contribution is -2.13. The van der Waals surface area contributed by atoms with Crippen molar-refractivity contribution in [2.24, 2.45) is 5.73 Å². The van der Waals surface area contributed by atoms with Crippen LogP contribution in [0.25, 0.3) is 11.0 Å². The number of aromatic nitrogens is 2. The molecular weight excluding hydrogens is 300 g/mol. The number of nitrogens with two attached hydrogens (primary N) is 1. The van der Waals surface area contributed by atoms with E-state index in [1.54, 1.807) is 12.1 Å². The zero-order valence-corrected chi connectivity index (χ0v) is 11.1. The third kappa shape index (κ3) is 2.80. The second-order valence-electron chi connectivity index (χ2n) is 3.90. The van der Waals surface area contributed by atoms with Crippen molar-refractivity contribution in [3.63, 3.8) is 0 Å². The van der Waals surface area contributed by atoms with Crippen LogP contribution in [0.4, 0.5) is 5.69 Å². The molecule has 7 heteroatoms. The Morgan fingerprint density at radius 1 is 1.33 bits per heavy atom. The number of carbonyl (C=O) groups is 1. The maximum absolute atomic E-state index is 11.6. The number of benzene rings is 1. The summed E-state index contributed by atoms with van der Waals surface area (Å²) < 4.78 is 0.714. The summed E-state index contributed by atoms with van der Waals surface area (Å²) in [5.41, 5.74) is 7.03. The van der Waals surface area contributed by atoms with E-state index in [0.29, 0.717) is 40.6 Å². The summed E-state index contributed by atoms with van der Waals surface area (Å²) in [7, 11) is 0. The Hall–Kier alpha value is -1.60. The number of nitrogens with one attached hydrogen (secondary N) is 3. The molecule has 0 saturated heterocycles. The minimum Gasteiger partial charge on any atom is -0.330 e. The van der Waals surface area contributed by atoms with E-state index in [2.05, 4.69) is 31.2 Å². The van der Waals surface area contributed by atoms with E-state index in [0.717, 1.165) is 0 Å². The minimum absolute atomic E-state index is 0.0987. The second kappa shape index (κ2) is 5.36. The highest BCUT2D eigenvalue weighted by Gasteiger charge is 2.08. The summed E-state index contributed by atoms with van der Waals surface area (Å²) in [6.45, 7) is 0.485. The number of anilines is 1. The lowest BCUT2D eigenvalue weighted by molar-refractivity contribution is -0.116. The van der Waals surface area contributed by atoms with E-state index in [4.69, 9.17) is 5.73 Å². The summed E-state index contributed by atoms with van der Waals surface area (Å²) in [5.74, 6) is -0.0987. The smallest absolute Gasteiger partial charge is 0.323 e. The number of carbonyl (C=O) groups excluding carboxylic acids is 1. The summed E-state index contributed by atoms with van der Waals surface area (Å²) in [4.78, 5) is 28.0. The number of imidazole rings is 1. The number of aromatic amines is 2. The Morgan fingerprint density at radius 3 is 2.67 bits per heavy atom. The van der Waals surface area contributed by atoms with Crippen LogP contribution in [-0.4, -0.2) is 22.4 Å². The highest BCUT2D eigenvalue weighted by atomic mass is 79.9. The largest absolute Gasteiger partial charge is 0.330 e. The average Bonchev–Trinajstić information content (AvgIpc) is 2.66. The molecule has 0 saturated carbocycles. The maximum Gasteiger partial charge on any atom is 0.323 e. The van der Waals surface area contributed by atoms with Crippen molar-refractivity contribution in [3.05, 3.63) is 27.1 Å². The van der Waals surface area contributed by atoms with Crippen LogP contribution in [-0.2, 0) is 4.79 Å². The van der Waals surface area contributed by atoms with Gasteiger partial charge in [-0.25, -0.2) is 4.79 Å². The molecule has 96 valence electrons. The molecule has 0 aliphatic carbocycles. The number of amides is 1. The highest BCUT2D eigenvalue weighted by Crippen LogP contribution is 2.26. The molecule has 1 amide bonds. The van der Waals surface area contributed by atoms with Gasteiger partial charge in [-0.3, -0.25) is 4.79 Å².